The molecule has 0 atom stereocenters. The first-order chi connectivity index (χ1) is 10.9. The van der Waals surface area contributed by atoms with Gasteiger partial charge in [-0.1, -0.05) is 41.4 Å². The molecule has 0 saturated heterocycles. The van der Waals surface area contributed by atoms with E-state index in [0.29, 0.717) is 0 Å². The van der Waals surface area contributed by atoms with Gasteiger partial charge in [0.2, 0.25) is 0 Å². The van der Waals surface area contributed by atoms with Crippen molar-refractivity contribution in [2.75, 3.05) is 12.4 Å². The second kappa shape index (κ2) is 7.77. The van der Waals surface area contributed by atoms with Gasteiger partial charge in [0.1, 0.15) is 5.15 Å². The molecular weight excluding hydrogens is 361 g/mol. The molecule has 122 valence electrons. The Morgan fingerprint density at radius 1 is 1.17 bits per heavy atom. The topological polar surface area (TPSA) is 73.3 Å². The van der Waals surface area contributed by atoms with Crippen LogP contribution in [0.25, 0.3) is 0 Å². The average molecular weight is 374 g/mol. The lowest BCUT2D eigenvalue weighted by molar-refractivity contribution is 0.0505. The lowest BCUT2D eigenvalue weighted by atomic mass is 10.3. The normalized spacial score (nSPS) is 11.2. The minimum absolute atomic E-state index is 0.0227. The minimum atomic E-state index is -3.38. The quantitative estimate of drug-likeness (QED) is 0.440. The predicted octanol–water partition coefficient (Wildman–Crippen LogP) is 3.41. The molecule has 0 spiro atoms. The first kappa shape index (κ1) is 17.7. The van der Waals surface area contributed by atoms with Gasteiger partial charge >= 0.3 is 5.97 Å². The Bertz CT molecular complexity index is 794. The van der Waals surface area contributed by atoms with Crippen LogP contribution in [-0.2, 0) is 14.6 Å². The lowest BCUT2D eigenvalue weighted by Crippen LogP contribution is -2.12. The fourth-order valence-corrected chi connectivity index (χ4v) is 3.35. The summed E-state index contributed by atoms with van der Waals surface area (Å²) in [6.07, 6.45) is 1.44. The zero-order valence-corrected chi connectivity index (χ0v) is 14.2. The first-order valence-electron chi connectivity index (χ1n) is 6.66. The Balaban J connectivity index is 1.85. The summed E-state index contributed by atoms with van der Waals surface area (Å²) in [5, 5.41) is 0.241. The number of benzene rings is 1. The van der Waals surface area contributed by atoms with Crippen molar-refractivity contribution in [2.24, 2.45) is 0 Å². The van der Waals surface area contributed by atoms with Gasteiger partial charge < -0.3 is 4.74 Å². The number of nitrogens with zero attached hydrogens (tertiary/aromatic N) is 1. The molecule has 23 heavy (non-hydrogen) atoms. The number of rotatable bonds is 6. The second-order valence-electron chi connectivity index (χ2n) is 4.62. The van der Waals surface area contributed by atoms with Crippen LogP contribution in [0.4, 0.5) is 0 Å². The molecule has 8 heteroatoms. The van der Waals surface area contributed by atoms with Gasteiger partial charge in [0.15, 0.2) is 9.84 Å². The molecule has 1 heterocycles. The van der Waals surface area contributed by atoms with E-state index in [0.717, 1.165) is 0 Å². The summed E-state index contributed by atoms with van der Waals surface area (Å²) in [6, 6.07) is 9.46. The number of aromatic nitrogens is 1. The number of hydrogen-bond acceptors (Lipinski definition) is 5. The van der Waals surface area contributed by atoms with Crippen molar-refractivity contribution in [2.45, 2.75) is 11.3 Å². The highest BCUT2D eigenvalue weighted by atomic mass is 35.5. The highest BCUT2D eigenvalue weighted by molar-refractivity contribution is 7.91. The SMILES string of the molecule is O=C(OCCCS(=O)(=O)c1ccccc1)c1cnc(Cl)c(Cl)c1. The Morgan fingerprint density at radius 2 is 1.87 bits per heavy atom. The van der Waals surface area contributed by atoms with Crippen LogP contribution in [0.3, 0.4) is 0 Å². The molecule has 1 aromatic carbocycles. The summed E-state index contributed by atoms with van der Waals surface area (Å²) < 4.78 is 29.1. The van der Waals surface area contributed by atoms with Crippen LogP contribution in [0.1, 0.15) is 16.8 Å². The maximum atomic E-state index is 12.0. The molecule has 2 aromatic rings. The second-order valence-corrected chi connectivity index (χ2v) is 7.49. The lowest BCUT2D eigenvalue weighted by Gasteiger charge is -2.06. The maximum absolute atomic E-state index is 12.0. The van der Waals surface area contributed by atoms with Gasteiger partial charge in [0.25, 0.3) is 0 Å². The molecule has 0 N–H and O–H groups in total. The largest absolute Gasteiger partial charge is 0.462 e. The number of ether oxygens (including phenoxy) is 1. The molecule has 1 aromatic heterocycles. The molecule has 0 saturated carbocycles. The first-order valence-corrected chi connectivity index (χ1v) is 9.07. The molecule has 0 unspecified atom stereocenters. The van der Waals surface area contributed by atoms with Crippen LogP contribution in [0.15, 0.2) is 47.5 Å². The van der Waals surface area contributed by atoms with Crippen molar-refractivity contribution in [3.8, 4) is 0 Å². The van der Waals surface area contributed by atoms with Crippen LogP contribution in [0.2, 0.25) is 10.2 Å². The van der Waals surface area contributed by atoms with Crippen LogP contribution >= 0.6 is 23.2 Å². The van der Waals surface area contributed by atoms with E-state index in [9.17, 15) is 13.2 Å². The summed E-state index contributed by atoms with van der Waals surface area (Å²) in [5.74, 6) is -0.739. The van der Waals surface area contributed by atoms with E-state index in [1.54, 1.807) is 18.2 Å². The van der Waals surface area contributed by atoms with Crippen LogP contribution in [0, 0.1) is 0 Å². The Labute approximate surface area is 144 Å². The van der Waals surface area contributed by atoms with Crippen LogP contribution in [-0.4, -0.2) is 31.7 Å². The highest BCUT2D eigenvalue weighted by Crippen LogP contribution is 2.20. The third kappa shape index (κ3) is 4.92. The smallest absolute Gasteiger partial charge is 0.339 e. The van der Waals surface area contributed by atoms with Crippen LogP contribution in [0.5, 0.6) is 0 Å². The third-order valence-electron chi connectivity index (χ3n) is 2.92. The van der Waals surface area contributed by atoms with Crippen molar-refractivity contribution < 1.29 is 17.9 Å². The summed E-state index contributed by atoms with van der Waals surface area (Å²) >= 11 is 11.4. The van der Waals surface area contributed by atoms with Crippen molar-refractivity contribution in [1.29, 1.82) is 0 Å². The van der Waals surface area contributed by atoms with E-state index in [4.69, 9.17) is 27.9 Å². The Kier molecular flexibility index (Phi) is 5.98. The van der Waals surface area contributed by atoms with Crippen molar-refractivity contribution in [3.05, 3.63) is 58.3 Å². The minimum Gasteiger partial charge on any atom is -0.462 e. The number of esters is 1. The molecule has 0 aliphatic heterocycles. The number of carbonyl (C=O) groups excluding carboxylic acids is 1. The zero-order chi connectivity index (χ0) is 16.9. The van der Waals surface area contributed by atoms with E-state index in [-0.39, 0.29) is 39.4 Å². The fraction of sp³-hybridized carbons (Fsp3) is 0.200. The number of hydrogen-bond donors (Lipinski definition) is 0. The molecule has 2 rings (SSSR count). The van der Waals surface area contributed by atoms with E-state index in [1.807, 2.05) is 0 Å². The number of pyridine rings is 1. The van der Waals surface area contributed by atoms with E-state index in [2.05, 4.69) is 4.98 Å². The predicted molar refractivity (Wildman–Crippen MR) is 87.7 cm³/mol. The van der Waals surface area contributed by atoms with Gasteiger partial charge in [0.05, 0.1) is 27.8 Å². The van der Waals surface area contributed by atoms with Crippen molar-refractivity contribution >= 4 is 39.0 Å². The van der Waals surface area contributed by atoms with Gasteiger partial charge in [0, 0.05) is 6.20 Å². The fourth-order valence-electron chi connectivity index (χ4n) is 1.78. The van der Waals surface area contributed by atoms with Gasteiger partial charge in [-0.3, -0.25) is 0 Å². The van der Waals surface area contributed by atoms with E-state index in [1.165, 1.54) is 24.4 Å². The van der Waals surface area contributed by atoms with Gasteiger partial charge in [-0.05, 0) is 24.6 Å². The third-order valence-corrected chi connectivity index (χ3v) is 5.43. The number of sulfone groups is 1. The summed E-state index contributed by atoms with van der Waals surface area (Å²) in [7, 11) is -3.38. The maximum Gasteiger partial charge on any atom is 0.339 e. The highest BCUT2D eigenvalue weighted by Gasteiger charge is 2.15. The van der Waals surface area contributed by atoms with Crippen molar-refractivity contribution in [3.63, 3.8) is 0 Å². The van der Waals surface area contributed by atoms with Gasteiger partial charge in [-0.25, -0.2) is 18.2 Å². The molecule has 0 radical (unpaired) electrons. The van der Waals surface area contributed by atoms with E-state index >= 15 is 0 Å². The molecule has 0 amide bonds. The van der Waals surface area contributed by atoms with Gasteiger partial charge in [-0.2, -0.15) is 0 Å². The Hall–Kier alpha value is -1.63. The Morgan fingerprint density at radius 3 is 2.52 bits per heavy atom. The summed E-state index contributed by atoms with van der Waals surface area (Å²) in [5.41, 5.74) is 0.158. The average Bonchev–Trinajstić information content (AvgIpc) is 2.55. The standard InChI is InChI=1S/C15H13Cl2NO4S/c16-13-9-11(10-18-14(13)17)15(19)22-7-4-8-23(20,21)12-5-2-1-3-6-12/h1-3,5-6,9-10H,4,7-8H2. The monoisotopic (exact) mass is 373 g/mol. The summed E-state index contributed by atoms with van der Waals surface area (Å²) in [6.45, 7) is -0.0227. The number of halogens is 2. The molecule has 0 fully saturated rings. The zero-order valence-electron chi connectivity index (χ0n) is 11.9. The molecule has 0 bridgehead atoms. The molecule has 5 nitrogen and oxygen atoms in total. The number of carbonyl (C=O) groups is 1. The molecule has 0 aliphatic rings. The van der Waals surface area contributed by atoms with Crippen molar-refractivity contribution in [1.82, 2.24) is 4.98 Å². The molecule has 0 aliphatic carbocycles. The van der Waals surface area contributed by atoms with Crippen LogP contribution < -0.4 is 0 Å². The summed E-state index contributed by atoms with van der Waals surface area (Å²) in [4.78, 5) is 15.8. The van der Waals surface area contributed by atoms with Gasteiger partial charge in [-0.15, -0.1) is 0 Å². The molecular formula is C15H13Cl2NO4S. The van der Waals surface area contributed by atoms with E-state index < -0.39 is 15.8 Å².